The summed E-state index contributed by atoms with van der Waals surface area (Å²) in [6.45, 7) is 3.43. The summed E-state index contributed by atoms with van der Waals surface area (Å²) in [5.41, 5.74) is 2.23. The lowest BCUT2D eigenvalue weighted by molar-refractivity contribution is -0.119. The van der Waals surface area contributed by atoms with Gasteiger partial charge in [0.1, 0.15) is 11.5 Å². The maximum atomic E-state index is 13.4. The van der Waals surface area contributed by atoms with E-state index in [4.69, 9.17) is 9.47 Å². The number of sulfonamides is 1. The van der Waals surface area contributed by atoms with Crippen LogP contribution in [0.25, 0.3) is 0 Å². The van der Waals surface area contributed by atoms with Gasteiger partial charge in [0.05, 0.1) is 17.7 Å². The van der Waals surface area contributed by atoms with Crippen molar-refractivity contribution in [2.75, 3.05) is 18.0 Å². The van der Waals surface area contributed by atoms with Crippen LogP contribution in [0.5, 0.6) is 11.5 Å². The van der Waals surface area contributed by atoms with Crippen LogP contribution in [-0.4, -0.2) is 28.0 Å². The van der Waals surface area contributed by atoms with Gasteiger partial charge in [-0.25, -0.2) is 8.42 Å². The summed E-state index contributed by atoms with van der Waals surface area (Å²) in [7, 11) is -2.57. The van der Waals surface area contributed by atoms with Gasteiger partial charge in [-0.3, -0.25) is 4.79 Å². The molecule has 7 heteroatoms. The first kappa shape index (κ1) is 22.4. The summed E-state index contributed by atoms with van der Waals surface area (Å²) in [6, 6.07) is 20.0. The van der Waals surface area contributed by atoms with Gasteiger partial charge >= 0.3 is 0 Å². The number of carbonyl (C=O) groups excluding carboxylic acids is 1. The minimum absolute atomic E-state index is 0.0375. The second-order valence-electron chi connectivity index (χ2n) is 6.96. The Bertz CT molecular complexity index is 1120. The lowest BCUT2D eigenvalue weighted by Gasteiger charge is -2.23. The van der Waals surface area contributed by atoms with E-state index in [1.54, 1.807) is 55.6 Å². The average molecular weight is 440 g/mol. The molecule has 0 saturated heterocycles. The normalized spacial score (nSPS) is 11.1. The van der Waals surface area contributed by atoms with E-state index in [0.29, 0.717) is 11.5 Å². The number of hydrogen-bond donors (Lipinski definition) is 0. The van der Waals surface area contributed by atoms with Crippen LogP contribution in [0.2, 0.25) is 0 Å². The molecule has 0 unspecified atom stereocenters. The number of anilines is 1. The first-order valence-corrected chi connectivity index (χ1v) is 11.3. The Balaban J connectivity index is 1.92. The SMILES string of the molecule is CCc1ccc(N(C(=O)COc2ccc(OC)cc2)S(=O)(=O)c2ccc(C)cc2)cc1. The largest absolute Gasteiger partial charge is 0.497 e. The van der Waals surface area contributed by atoms with Crippen LogP contribution < -0.4 is 13.8 Å². The summed E-state index contributed by atoms with van der Waals surface area (Å²) in [4.78, 5) is 13.1. The Kier molecular flexibility index (Phi) is 6.97. The predicted octanol–water partition coefficient (Wildman–Crippen LogP) is 4.37. The molecule has 0 spiro atoms. The number of ether oxygens (including phenoxy) is 2. The summed E-state index contributed by atoms with van der Waals surface area (Å²) >= 11 is 0. The molecule has 3 rings (SSSR count). The molecular formula is C24H25NO5S. The first-order valence-electron chi connectivity index (χ1n) is 9.85. The van der Waals surface area contributed by atoms with Crippen LogP contribution in [0.15, 0.2) is 77.7 Å². The number of benzene rings is 3. The number of carbonyl (C=O) groups is 1. The van der Waals surface area contributed by atoms with Crippen molar-refractivity contribution in [3.8, 4) is 11.5 Å². The molecule has 0 aliphatic heterocycles. The van der Waals surface area contributed by atoms with Crippen molar-refractivity contribution in [2.45, 2.75) is 25.2 Å². The van der Waals surface area contributed by atoms with Gasteiger partial charge in [-0.05, 0) is 67.4 Å². The van der Waals surface area contributed by atoms with Crippen molar-refractivity contribution < 1.29 is 22.7 Å². The Morgan fingerprint density at radius 3 is 2.00 bits per heavy atom. The van der Waals surface area contributed by atoms with Gasteiger partial charge in [0.2, 0.25) is 0 Å². The molecule has 3 aromatic rings. The van der Waals surface area contributed by atoms with E-state index >= 15 is 0 Å². The standard InChI is InChI=1S/C24H25NO5S/c1-4-19-7-9-20(10-8-19)25(31(27,28)23-15-5-18(2)6-16-23)24(26)17-30-22-13-11-21(29-3)12-14-22/h5-16H,4,17H2,1-3H3. The van der Waals surface area contributed by atoms with Crippen LogP contribution in [-0.2, 0) is 21.2 Å². The molecule has 0 radical (unpaired) electrons. The van der Waals surface area contributed by atoms with Gasteiger partial charge in [0, 0.05) is 0 Å². The van der Waals surface area contributed by atoms with E-state index in [1.807, 2.05) is 26.0 Å². The predicted molar refractivity (Wildman–Crippen MR) is 120 cm³/mol. The Morgan fingerprint density at radius 2 is 1.45 bits per heavy atom. The molecular weight excluding hydrogens is 414 g/mol. The lowest BCUT2D eigenvalue weighted by atomic mass is 10.1. The molecule has 0 aromatic heterocycles. The number of hydrogen-bond acceptors (Lipinski definition) is 5. The van der Waals surface area contributed by atoms with Gasteiger partial charge in [0.25, 0.3) is 15.9 Å². The highest BCUT2D eigenvalue weighted by Crippen LogP contribution is 2.25. The van der Waals surface area contributed by atoms with Gasteiger partial charge in [0.15, 0.2) is 6.61 Å². The molecule has 0 aliphatic rings. The lowest BCUT2D eigenvalue weighted by Crippen LogP contribution is -2.40. The Morgan fingerprint density at radius 1 is 0.871 bits per heavy atom. The van der Waals surface area contributed by atoms with E-state index < -0.39 is 22.5 Å². The minimum Gasteiger partial charge on any atom is -0.497 e. The topological polar surface area (TPSA) is 72.9 Å². The number of nitrogens with zero attached hydrogens (tertiary/aromatic N) is 1. The highest BCUT2D eigenvalue weighted by Gasteiger charge is 2.31. The summed E-state index contributed by atoms with van der Waals surface area (Å²) in [6.07, 6.45) is 0.805. The van der Waals surface area contributed by atoms with Crippen molar-refractivity contribution >= 4 is 21.6 Å². The van der Waals surface area contributed by atoms with Crippen LogP contribution in [0, 0.1) is 6.92 Å². The number of methoxy groups -OCH3 is 1. The van der Waals surface area contributed by atoms with E-state index in [2.05, 4.69) is 0 Å². The molecule has 3 aromatic carbocycles. The van der Waals surface area contributed by atoms with E-state index in [1.165, 1.54) is 12.1 Å². The van der Waals surface area contributed by atoms with Crippen molar-refractivity contribution in [1.29, 1.82) is 0 Å². The maximum absolute atomic E-state index is 13.4. The van der Waals surface area contributed by atoms with Crippen molar-refractivity contribution in [3.63, 3.8) is 0 Å². The molecule has 1 amide bonds. The highest BCUT2D eigenvalue weighted by atomic mass is 32.2. The van der Waals surface area contributed by atoms with E-state index in [0.717, 1.165) is 21.9 Å². The van der Waals surface area contributed by atoms with Gasteiger partial charge in [-0.15, -0.1) is 0 Å². The molecule has 0 saturated carbocycles. The fourth-order valence-corrected chi connectivity index (χ4v) is 4.39. The molecule has 162 valence electrons. The van der Waals surface area contributed by atoms with Crippen molar-refractivity contribution in [3.05, 3.63) is 83.9 Å². The van der Waals surface area contributed by atoms with Crippen LogP contribution in [0.1, 0.15) is 18.1 Å². The zero-order valence-corrected chi connectivity index (χ0v) is 18.6. The van der Waals surface area contributed by atoms with Gasteiger partial charge in [-0.2, -0.15) is 4.31 Å². The minimum atomic E-state index is -4.12. The third-order valence-electron chi connectivity index (χ3n) is 4.79. The summed E-state index contributed by atoms with van der Waals surface area (Å²) in [5.74, 6) is 0.391. The number of aryl methyl sites for hydroxylation is 2. The van der Waals surface area contributed by atoms with E-state index in [-0.39, 0.29) is 10.6 Å². The molecule has 0 fully saturated rings. The Hall–Kier alpha value is -3.32. The highest BCUT2D eigenvalue weighted by molar-refractivity contribution is 7.93. The van der Waals surface area contributed by atoms with Crippen LogP contribution >= 0.6 is 0 Å². The molecule has 31 heavy (non-hydrogen) atoms. The van der Waals surface area contributed by atoms with Crippen molar-refractivity contribution in [1.82, 2.24) is 0 Å². The summed E-state index contributed by atoms with van der Waals surface area (Å²) in [5, 5.41) is 0. The molecule has 0 heterocycles. The van der Waals surface area contributed by atoms with E-state index in [9.17, 15) is 13.2 Å². The summed E-state index contributed by atoms with van der Waals surface area (Å²) < 4.78 is 38.2. The van der Waals surface area contributed by atoms with Crippen molar-refractivity contribution in [2.24, 2.45) is 0 Å². The maximum Gasteiger partial charge on any atom is 0.278 e. The quantitative estimate of drug-likeness (QED) is 0.521. The number of rotatable bonds is 8. The molecule has 6 nitrogen and oxygen atoms in total. The third kappa shape index (κ3) is 5.24. The third-order valence-corrected chi connectivity index (χ3v) is 6.55. The average Bonchev–Trinajstić information content (AvgIpc) is 2.79. The zero-order chi connectivity index (χ0) is 22.4. The van der Waals surface area contributed by atoms with Gasteiger partial charge in [-0.1, -0.05) is 36.8 Å². The van der Waals surface area contributed by atoms with Crippen LogP contribution in [0.4, 0.5) is 5.69 Å². The zero-order valence-electron chi connectivity index (χ0n) is 17.7. The molecule has 0 atom stereocenters. The smallest absolute Gasteiger partial charge is 0.278 e. The second-order valence-corrected chi connectivity index (χ2v) is 8.75. The van der Waals surface area contributed by atoms with Gasteiger partial charge < -0.3 is 9.47 Å². The molecule has 0 N–H and O–H groups in total. The number of amides is 1. The second kappa shape index (κ2) is 9.66. The molecule has 0 aliphatic carbocycles. The molecule has 0 bridgehead atoms. The Labute approximate surface area is 183 Å². The van der Waals surface area contributed by atoms with Crippen LogP contribution in [0.3, 0.4) is 0 Å². The first-order chi connectivity index (χ1) is 14.8. The fraction of sp³-hybridized carbons (Fsp3) is 0.208. The monoisotopic (exact) mass is 439 g/mol. The fourth-order valence-electron chi connectivity index (χ4n) is 2.98.